The van der Waals surface area contributed by atoms with E-state index in [9.17, 15) is 0 Å². The van der Waals surface area contributed by atoms with Gasteiger partial charge in [-0.1, -0.05) is 19.1 Å². The molecular formula is C12H17BrN2. The van der Waals surface area contributed by atoms with E-state index in [1.54, 1.807) is 0 Å². The van der Waals surface area contributed by atoms with Crippen molar-refractivity contribution >= 4 is 21.6 Å². The van der Waals surface area contributed by atoms with Crippen molar-refractivity contribution in [3.05, 3.63) is 28.2 Å². The summed E-state index contributed by atoms with van der Waals surface area (Å²) in [6.07, 6.45) is 1.32. The minimum Gasteiger partial charge on any atom is -0.398 e. The molecule has 2 rings (SSSR count). The first-order valence-corrected chi connectivity index (χ1v) is 6.21. The maximum atomic E-state index is 5.86. The van der Waals surface area contributed by atoms with E-state index in [-0.39, 0.29) is 0 Å². The van der Waals surface area contributed by atoms with Gasteiger partial charge in [-0.05, 0) is 46.4 Å². The Morgan fingerprint density at radius 3 is 3.00 bits per heavy atom. The average Bonchev–Trinajstić information content (AvgIpc) is 2.59. The summed E-state index contributed by atoms with van der Waals surface area (Å²) in [7, 11) is 0. The molecule has 1 unspecified atom stereocenters. The van der Waals surface area contributed by atoms with Crippen LogP contribution < -0.4 is 5.73 Å². The van der Waals surface area contributed by atoms with E-state index in [0.29, 0.717) is 0 Å². The molecule has 1 fully saturated rings. The highest BCUT2D eigenvalue weighted by molar-refractivity contribution is 9.10. The van der Waals surface area contributed by atoms with E-state index < -0.39 is 0 Å². The molecule has 0 radical (unpaired) electrons. The lowest BCUT2D eigenvalue weighted by atomic mass is 10.2. The zero-order valence-electron chi connectivity index (χ0n) is 9.04. The predicted molar refractivity (Wildman–Crippen MR) is 67.6 cm³/mol. The third-order valence-electron chi connectivity index (χ3n) is 3.01. The Kier molecular flexibility index (Phi) is 3.32. The number of hydrogen-bond acceptors (Lipinski definition) is 2. The first kappa shape index (κ1) is 11.0. The van der Waals surface area contributed by atoms with E-state index in [4.69, 9.17) is 5.73 Å². The molecule has 1 saturated heterocycles. The molecule has 0 spiro atoms. The number of anilines is 1. The molecule has 2 nitrogen and oxygen atoms in total. The standard InChI is InChI=1S/C12H17BrN2/c1-9-5-6-15(7-9)8-10-3-2-4-11(14)12(10)13/h2-4,9H,5-8,14H2,1H3. The zero-order valence-corrected chi connectivity index (χ0v) is 10.6. The van der Waals surface area contributed by atoms with Crippen molar-refractivity contribution < 1.29 is 0 Å². The van der Waals surface area contributed by atoms with E-state index in [0.717, 1.165) is 22.6 Å². The highest BCUT2D eigenvalue weighted by Crippen LogP contribution is 2.26. The summed E-state index contributed by atoms with van der Waals surface area (Å²) in [4.78, 5) is 2.49. The van der Waals surface area contributed by atoms with Crippen molar-refractivity contribution in [3.63, 3.8) is 0 Å². The van der Waals surface area contributed by atoms with Gasteiger partial charge in [0, 0.05) is 23.2 Å². The quantitative estimate of drug-likeness (QED) is 0.836. The van der Waals surface area contributed by atoms with Crippen LogP contribution in [-0.4, -0.2) is 18.0 Å². The number of nitrogen functional groups attached to an aromatic ring is 1. The van der Waals surface area contributed by atoms with Crippen molar-refractivity contribution in [1.82, 2.24) is 4.90 Å². The molecule has 0 saturated carbocycles. The van der Waals surface area contributed by atoms with E-state index in [2.05, 4.69) is 33.8 Å². The van der Waals surface area contributed by atoms with Crippen LogP contribution in [-0.2, 0) is 6.54 Å². The third-order valence-corrected chi connectivity index (χ3v) is 3.98. The Morgan fingerprint density at radius 2 is 2.33 bits per heavy atom. The van der Waals surface area contributed by atoms with Gasteiger partial charge in [-0.15, -0.1) is 0 Å². The molecule has 0 bridgehead atoms. The number of likely N-dealkylation sites (tertiary alicyclic amines) is 1. The van der Waals surface area contributed by atoms with Crippen LogP contribution in [0.3, 0.4) is 0 Å². The summed E-state index contributed by atoms with van der Waals surface area (Å²) in [6.45, 7) is 5.74. The number of rotatable bonds is 2. The fourth-order valence-electron chi connectivity index (χ4n) is 2.13. The molecule has 2 N–H and O–H groups in total. The Bertz CT molecular complexity index is 351. The number of hydrogen-bond donors (Lipinski definition) is 1. The molecule has 82 valence electrons. The van der Waals surface area contributed by atoms with Gasteiger partial charge in [-0.2, -0.15) is 0 Å². The summed E-state index contributed by atoms with van der Waals surface area (Å²) >= 11 is 3.55. The number of benzene rings is 1. The molecule has 0 amide bonds. The van der Waals surface area contributed by atoms with Gasteiger partial charge in [0.05, 0.1) is 0 Å². The Labute approximate surface area is 99.6 Å². The molecule has 1 aliphatic rings. The highest BCUT2D eigenvalue weighted by atomic mass is 79.9. The first-order valence-electron chi connectivity index (χ1n) is 5.42. The van der Waals surface area contributed by atoms with Crippen LogP contribution in [0.5, 0.6) is 0 Å². The van der Waals surface area contributed by atoms with Crippen LogP contribution in [0.4, 0.5) is 5.69 Å². The van der Waals surface area contributed by atoms with Crippen molar-refractivity contribution in [3.8, 4) is 0 Å². The smallest absolute Gasteiger partial charge is 0.0461 e. The second-order valence-corrected chi connectivity index (χ2v) is 5.24. The van der Waals surface area contributed by atoms with Crippen molar-refractivity contribution in [2.45, 2.75) is 19.9 Å². The van der Waals surface area contributed by atoms with Crippen LogP contribution in [0.15, 0.2) is 22.7 Å². The maximum Gasteiger partial charge on any atom is 0.0461 e. The SMILES string of the molecule is CC1CCN(Cc2cccc(N)c2Br)C1. The fraction of sp³-hybridized carbons (Fsp3) is 0.500. The second-order valence-electron chi connectivity index (χ2n) is 4.45. The van der Waals surface area contributed by atoms with Crippen molar-refractivity contribution in [2.24, 2.45) is 5.92 Å². The van der Waals surface area contributed by atoms with Crippen LogP contribution in [0.1, 0.15) is 18.9 Å². The molecule has 1 aromatic carbocycles. The molecule has 1 aromatic rings. The minimum absolute atomic E-state index is 0.833. The normalized spacial score (nSPS) is 22.1. The van der Waals surface area contributed by atoms with Gasteiger partial charge in [0.25, 0.3) is 0 Å². The van der Waals surface area contributed by atoms with Crippen LogP contribution in [0, 0.1) is 5.92 Å². The Morgan fingerprint density at radius 1 is 1.53 bits per heavy atom. The predicted octanol–water partition coefficient (Wildman–Crippen LogP) is 2.87. The highest BCUT2D eigenvalue weighted by Gasteiger charge is 2.19. The maximum absolute atomic E-state index is 5.86. The van der Waals surface area contributed by atoms with Crippen LogP contribution in [0.2, 0.25) is 0 Å². The van der Waals surface area contributed by atoms with E-state index >= 15 is 0 Å². The van der Waals surface area contributed by atoms with Gasteiger partial charge in [-0.3, -0.25) is 4.90 Å². The average molecular weight is 269 g/mol. The number of nitrogens with zero attached hydrogens (tertiary/aromatic N) is 1. The largest absolute Gasteiger partial charge is 0.398 e. The van der Waals surface area contributed by atoms with E-state index in [1.807, 2.05) is 12.1 Å². The molecular weight excluding hydrogens is 252 g/mol. The lowest BCUT2D eigenvalue weighted by molar-refractivity contribution is 0.320. The van der Waals surface area contributed by atoms with Gasteiger partial charge in [0.15, 0.2) is 0 Å². The van der Waals surface area contributed by atoms with Gasteiger partial charge >= 0.3 is 0 Å². The first-order chi connectivity index (χ1) is 7.16. The Hall–Kier alpha value is -0.540. The second kappa shape index (κ2) is 4.54. The molecule has 15 heavy (non-hydrogen) atoms. The number of halogens is 1. The van der Waals surface area contributed by atoms with E-state index in [1.165, 1.54) is 25.1 Å². The summed E-state index contributed by atoms with van der Waals surface area (Å²) < 4.78 is 1.06. The lowest BCUT2D eigenvalue weighted by Crippen LogP contribution is -2.20. The molecule has 1 heterocycles. The Balaban J connectivity index is 2.07. The van der Waals surface area contributed by atoms with Gasteiger partial charge in [-0.25, -0.2) is 0 Å². The summed E-state index contributed by atoms with van der Waals surface area (Å²) in [5.41, 5.74) is 7.99. The molecule has 1 atom stereocenters. The monoisotopic (exact) mass is 268 g/mol. The molecule has 3 heteroatoms. The molecule has 0 aliphatic carbocycles. The summed E-state index contributed by atoms with van der Waals surface area (Å²) in [5.74, 6) is 0.838. The molecule has 1 aliphatic heterocycles. The topological polar surface area (TPSA) is 29.3 Å². The fourth-order valence-corrected chi connectivity index (χ4v) is 2.52. The van der Waals surface area contributed by atoms with Gasteiger partial charge in [0.1, 0.15) is 0 Å². The van der Waals surface area contributed by atoms with Gasteiger partial charge in [0.2, 0.25) is 0 Å². The third kappa shape index (κ3) is 2.52. The number of nitrogens with two attached hydrogens (primary N) is 1. The molecule has 0 aromatic heterocycles. The van der Waals surface area contributed by atoms with Crippen LogP contribution >= 0.6 is 15.9 Å². The summed E-state index contributed by atoms with van der Waals surface area (Å²) in [5, 5.41) is 0. The van der Waals surface area contributed by atoms with Crippen molar-refractivity contribution in [1.29, 1.82) is 0 Å². The zero-order chi connectivity index (χ0) is 10.8. The van der Waals surface area contributed by atoms with Gasteiger partial charge < -0.3 is 5.73 Å². The van der Waals surface area contributed by atoms with Crippen molar-refractivity contribution in [2.75, 3.05) is 18.8 Å². The minimum atomic E-state index is 0.833. The summed E-state index contributed by atoms with van der Waals surface area (Å²) in [6, 6.07) is 6.10. The lowest BCUT2D eigenvalue weighted by Gasteiger charge is -2.16. The van der Waals surface area contributed by atoms with Crippen LogP contribution in [0.25, 0.3) is 0 Å².